The molecule has 9 rings (SSSR count). The van der Waals surface area contributed by atoms with Crippen LogP contribution in [-0.2, 0) is 0 Å². The second-order valence-electron chi connectivity index (χ2n) is 11.5. The molecule has 0 radical (unpaired) electrons. The van der Waals surface area contributed by atoms with Crippen LogP contribution in [0.1, 0.15) is 9.60 Å². The van der Waals surface area contributed by atoms with E-state index in [9.17, 15) is 6.85 Å². The molecule has 0 aromatic heterocycles. The minimum absolute atomic E-state index is 0.0262. The Hall–Kier alpha value is -5.98. The van der Waals surface area contributed by atoms with Crippen molar-refractivity contribution in [3.8, 4) is 44.5 Å². The zero-order valence-electron chi connectivity index (χ0n) is 31.8. The zero-order chi connectivity index (χ0) is 36.5. The third-order valence-electron chi connectivity index (χ3n) is 8.87. The fraction of sp³-hybridized carbons (Fsp3) is 0. The smallest absolute Gasteiger partial charge is 0.0622 e. The van der Waals surface area contributed by atoms with Crippen LogP contribution < -0.4 is 0 Å². The van der Waals surface area contributed by atoms with Gasteiger partial charge in [0, 0.05) is 0 Å². The summed E-state index contributed by atoms with van der Waals surface area (Å²) in [6.45, 7) is 0. The Morgan fingerprint density at radius 2 is 0.935 bits per heavy atom. The molecule has 0 fully saturated rings. The van der Waals surface area contributed by atoms with Gasteiger partial charge in [0.1, 0.15) is 0 Å². The minimum Gasteiger partial charge on any atom is -0.0622 e. The van der Waals surface area contributed by atoms with Crippen LogP contribution in [0.15, 0.2) is 182 Å². The van der Waals surface area contributed by atoms with Gasteiger partial charge in [-0.2, -0.15) is 0 Å². The Kier molecular flexibility index (Phi) is 4.76. The van der Waals surface area contributed by atoms with E-state index in [1.165, 1.54) is 0 Å². The van der Waals surface area contributed by atoms with Gasteiger partial charge in [-0.1, -0.05) is 170 Å². The lowest BCUT2D eigenvalue weighted by Gasteiger charge is -2.19. The molecule has 0 saturated heterocycles. The monoisotopic (exact) mass is 589 g/mol. The largest absolute Gasteiger partial charge is 0.0636 e. The van der Waals surface area contributed by atoms with Crippen molar-refractivity contribution in [2.24, 2.45) is 0 Å². The lowest BCUT2D eigenvalue weighted by Crippen LogP contribution is -1.92. The van der Waals surface area contributed by atoms with E-state index in [4.69, 9.17) is 2.74 Å². The van der Waals surface area contributed by atoms with E-state index in [2.05, 4.69) is 24.3 Å². The van der Waals surface area contributed by atoms with Gasteiger partial charge < -0.3 is 0 Å². The van der Waals surface area contributed by atoms with Crippen LogP contribution in [0.2, 0.25) is 0 Å². The summed E-state index contributed by atoms with van der Waals surface area (Å²) in [6, 6.07) is 43.7. The molecular weight excluding hydrogens is 553 g/mol. The Morgan fingerprint density at radius 1 is 0.326 bits per heavy atom. The predicted octanol–water partition coefficient (Wildman–Crippen LogP) is 13.0. The predicted molar refractivity (Wildman–Crippen MR) is 198 cm³/mol. The standard InChI is InChI=1S/C46H30/c1-2-11-31(12-3-1)37-27-28-43-44(30-37)46(38-26-21-32-13-4-5-15-36(32)29-38)42-19-9-8-18-41(42)45(43)35-24-22-34(23-25-35)40-20-10-16-33-14-6-7-17-39(33)40/h1-30H/i8D,9D,18D,19D,27D,28D,30D. The quantitative estimate of drug-likeness (QED) is 0.179. The SMILES string of the molecule is [2H]c1c([2H])c([2H])c2c(-c3ccc4ccccc4c3)c3c([2H])c(-c4ccccc4)c([2H])c([2H])c3c(-c3ccc(-c4cccc5ccccc45)cc3)c2c1[2H]. The summed E-state index contributed by atoms with van der Waals surface area (Å²) in [4.78, 5) is 0. The van der Waals surface area contributed by atoms with Gasteiger partial charge in [0.2, 0.25) is 0 Å². The highest BCUT2D eigenvalue weighted by Gasteiger charge is 2.18. The number of benzene rings is 9. The highest BCUT2D eigenvalue weighted by Crippen LogP contribution is 2.45. The van der Waals surface area contributed by atoms with Gasteiger partial charge >= 0.3 is 0 Å². The van der Waals surface area contributed by atoms with Crippen molar-refractivity contribution in [3.05, 3.63) is 182 Å². The van der Waals surface area contributed by atoms with Gasteiger partial charge in [-0.25, -0.2) is 0 Å². The van der Waals surface area contributed by atoms with Crippen LogP contribution in [0.3, 0.4) is 0 Å². The molecule has 46 heavy (non-hydrogen) atoms. The Labute approximate surface area is 278 Å². The van der Waals surface area contributed by atoms with E-state index in [1.54, 1.807) is 0 Å². The molecule has 0 atom stereocenters. The molecule has 0 aliphatic rings. The van der Waals surface area contributed by atoms with Crippen molar-refractivity contribution in [2.75, 3.05) is 0 Å². The molecule has 0 heteroatoms. The maximum atomic E-state index is 9.85. The lowest BCUT2D eigenvalue weighted by molar-refractivity contribution is 1.62. The molecule has 0 saturated carbocycles. The van der Waals surface area contributed by atoms with Gasteiger partial charge in [-0.15, -0.1) is 0 Å². The third kappa shape index (κ3) is 4.38. The topological polar surface area (TPSA) is 0 Å². The summed E-state index contributed by atoms with van der Waals surface area (Å²) in [6.07, 6.45) is 0. The summed E-state index contributed by atoms with van der Waals surface area (Å²) < 4.78 is 65.2. The molecule has 9 aromatic carbocycles. The lowest BCUT2D eigenvalue weighted by atomic mass is 9.84. The Balaban J connectivity index is 1.46. The summed E-state index contributed by atoms with van der Waals surface area (Å²) >= 11 is 0. The van der Waals surface area contributed by atoms with Crippen molar-refractivity contribution in [1.82, 2.24) is 0 Å². The molecule has 0 spiro atoms. The second kappa shape index (κ2) is 10.9. The fourth-order valence-corrected chi connectivity index (χ4v) is 6.68. The first-order valence-electron chi connectivity index (χ1n) is 18.9. The van der Waals surface area contributed by atoms with Gasteiger partial charge in [0.15, 0.2) is 0 Å². The number of rotatable bonds is 4. The molecular formula is C46H30. The van der Waals surface area contributed by atoms with Gasteiger partial charge in [-0.05, 0) is 99.7 Å². The van der Waals surface area contributed by atoms with Crippen molar-refractivity contribution in [2.45, 2.75) is 0 Å². The van der Waals surface area contributed by atoms with Crippen molar-refractivity contribution >= 4 is 43.1 Å². The molecule has 9 aromatic rings. The molecule has 0 N–H and O–H groups in total. The number of fused-ring (bicyclic) bond motifs is 4. The van der Waals surface area contributed by atoms with E-state index < -0.39 is 0 Å². The molecule has 0 bridgehead atoms. The highest BCUT2D eigenvalue weighted by atomic mass is 14.2. The molecule has 0 unspecified atom stereocenters. The zero-order valence-corrected chi connectivity index (χ0v) is 24.8. The van der Waals surface area contributed by atoms with E-state index in [0.717, 1.165) is 32.7 Å². The van der Waals surface area contributed by atoms with E-state index in [1.807, 2.05) is 115 Å². The van der Waals surface area contributed by atoms with Crippen molar-refractivity contribution < 1.29 is 9.60 Å². The minimum atomic E-state index is -0.385. The van der Waals surface area contributed by atoms with Crippen LogP contribution in [0.25, 0.3) is 87.6 Å². The van der Waals surface area contributed by atoms with Crippen molar-refractivity contribution in [1.29, 1.82) is 0 Å². The van der Waals surface area contributed by atoms with Crippen LogP contribution in [0, 0.1) is 0 Å². The molecule has 0 nitrogen and oxygen atoms in total. The number of hydrogen-bond donors (Lipinski definition) is 0. The molecule has 0 aliphatic heterocycles. The first kappa shape index (κ1) is 20.1. The summed E-state index contributed by atoms with van der Waals surface area (Å²) in [5.74, 6) is 0. The van der Waals surface area contributed by atoms with Crippen LogP contribution in [0.4, 0.5) is 0 Å². The van der Waals surface area contributed by atoms with Crippen molar-refractivity contribution in [3.63, 3.8) is 0 Å². The van der Waals surface area contributed by atoms with Crippen LogP contribution in [0.5, 0.6) is 0 Å². The summed E-state index contributed by atoms with van der Waals surface area (Å²) in [5.41, 5.74) is 5.07. The number of hydrogen-bond acceptors (Lipinski definition) is 0. The molecule has 0 aliphatic carbocycles. The summed E-state index contributed by atoms with van der Waals surface area (Å²) in [5, 5.41) is 5.35. The van der Waals surface area contributed by atoms with Gasteiger partial charge in [-0.3, -0.25) is 0 Å². The maximum absolute atomic E-state index is 9.85. The van der Waals surface area contributed by atoms with Gasteiger partial charge in [0.25, 0.3) is 0 Å². The molecule has 0 amide bonds. The normalized spacial score (nSPS) is 13.6. The van der Waals surface area contributed by atoms with E-state index in [-0.39, 0.29) is 53.1 Å². The second-order valence-corrected chi connectivity index (χ2v) is 11.5. The summed E-state index contributed by atoms with van der Waals surface area (Å²) in [7, 11) is 0. The van der Waals surface area contributed by atoms with Crippen LogP contribution in [-0.4, -0.2) is 0 Å². The fourth-order valence-electron chi connectivity index (χ4n) is 6.68. The Bertz CT molecular complexity index is 2950. The first-order chi connectivity index (χ1) is 25.7. The average Bonchev–Trinajstić information content (AvgIpc) is 3.20. The Morgan fingerprint density at radius 3 is 1.74 bits per heavy atom. The maximum Gasteiger partial charge on any atom is 0.0636 e. The average molecular weight is 590 g/mol. The van der Waals surface area contributed by atoms with Gasteiger partial charge in [0.05, 0.1) is 9.60 Å². The van der Waals surface area contributed by atoms with Crippen LogP contribution >= 0.6 is 0 Å². The third-order valence-corrected chi connectivity index (χ3v) is 8.87. The van der Waals surface area contributed by atoms with E-state index >= 15 is 0 Å². The van der Waals surface area contributed by atoms with E-state index in [0.29, 0.717) is 44.2 Å². The first-order valence-corrected chi connectivity index (χ1v) is 15.4. The highest BCUT2D eigenvalue weighted by molar-refractivity contribution is 6.22. The molecule has 0 heterocycles. The molecule has 214 valence electrons.